The summed E-state index contributed by atoms with van der Waals surface area (Å²) < 4.78 is 44.7. The van der Waals surface area contributed by atoms with Crippen molar-refractivity contribution in [2.45, 2.75) is 6.18 Å². The minimum Gasteiger partial charge on any atom is -0.497 e. The van der Waals surface area contributed by atoms with Gasteiger partial charge in [-0.2, -0.15) is 13.2 Å². The van der Waals surface area contributed by atoms with Crippen LogP contribution in [-0.2, 0) is 9.53 Å². The molecule has 0 saturated carbocycles. The first kappa shape index (κ1) is 14.1. The van der Waals surface area contributed by atoms with Crippen LogP contribution in [0, 0.1) is 0 Å². The van der Waals surface area contributed by atoms with Crippen LogP contribution in [0.3, 0.4) is 0 Å². The van der Waals surface area contributed by atoms with Crippen molar-refractivity contribution in [1.82, 2.24) is 0 Å². The normalized spacial score (nSPS) is 10.9. The molecule has 0 atom stereocenters. The van der Waals surface area contributed by atoms with Crippen molar-refractivity contribution in [3.05, 3.63) is 36.4 Å². The molecule has 0 N–H and O–H groups in total. The molecule has 0 aliphatic carbocycles. The molecule has 3 nitrogen and oxygen atoms in total. The Hall–Kier alpha value is -1.98. The lowest BCUT2D eigenvalue weighted by molar-refractivity contribution is -0.198. The molecule has 1 aromatic carbocycles. The van der Waals surface area contributed by atoms with Gasteiger partial charge in [0, 0.05) is 0 Å². The molecule has 1 rings (SSSR count). The van der Waals surface area contributed by atoms with E-state index in [1.54, 1.807) is 24.3 Å². The number of methoxy groups -OCH3 is 1. The highest BCUT2D eigenvalue weighted by atomic mass is 19.4. The molecule has 0 unspecified atom stereocenters. The quantitative estimate of drug-likeness (QED) is 0.781. The second-order valence-electron chi connectivity index (χ2n) is 3.41. The molecule has 0 aromatic heterocycles. The molecule has 0 spiro atoms. The first-order chi connectivity index (χ1) is 8.34. The summed E-state index contributed by atoms with van der Waals surface area (Å²) in [6, 6.07) is 6.49. The first-order valence-electron chi connectivity index (χ1n) is 4.90. The SMILES string of the molecule is C=C(COC(=O)C(F)(F)F)c1ccc(OC)cc1. The van der Waals surface area contributed by atoms with Gasteiger partial charge in [-0.25, -0.2) is 4.79 Å². The number of benzene rings is 1. The summed E-state index contributed by atoms with van der Waals surface area (Å²) in [7, 11) is 1.49. The predicted molar refractivity (Wildman–Crippen MR) is 59.0 cm³/mol. The number of halogens is 3. The van der Waals surface area contributed by atoms with Crippen LogP contribution in [0.25, 0.3) is 5.57 Å². The summed E-state index contributed by atoms with van der Waals surface area (Å²) in [4.78, 5) is 10.5. The third kappa shape index (κ3) is 3.80. The Morgan fingerprint density at radius 3 is 2.28 bits per heavy atom. The fourth-order valence-corrected chi connectivity index (χ4v) is 1.14. The Labute approximate surface area is 102 Å². The van der Waals surface area contributed by atoms with Gasteiger partial charge in [0.05, 0.1) is 7.11 Å². The van der Waals surface area contributed by atoms with Crippen LogP contribution in [-0.4, -0.2) is 25.9 Å². The summed E-state index contributed by atoms with van der Waals surface area (Å²) in [5.41, 5.74) is 0.848. The van der Waals surface area contributed by atoms with Crippen molar-refractivity contribution in [3.63, 3.8) is 0 Å². The highest BCUT2D eigenvalue weighted by Crippen LogP contribution is 2.20. The maximum atomic E-state index is 11.9. The van der Waals surface area contributed by atoms with Gasteiger partial charge in [0.2, 0.25) is 0 Å². The molecule has 1 aromatic rings. The number of ether oxygens (including phenoxy) is 2. The van der Waals surface area contributed by atoms with Gasteiger partial charge in [-0.05, 0) is 23.3 Å². The fourth-order valence-electron chi connectivity index (χ4n) is 1.14. The first-order valence-corrected chi connectivity index (χ1v) is 4.90. The standard InChI is InChI=1S/C12H11F3O3/c1-8(7-18-11(16)12(13,14)15)9-3-5-10(17-2)6-4-9/h3-6H,1,7H2,2H3. The number of alkyl halides is 3. The van der Waals surface area contributed by atoms with Crippen LogP contribution < -0.4 is 4.74 Å². The Kier molecular flexibility index (Phi) is 4.36. The minimum atomic E-state index is -4.99. The number of hydrogen-bond donors (Lipinski definition) is 0. The average Bonchev–Trinajstić information content (AvgIpc) is 2.34. The minimum absolute atomic E-state index is 0.273. The van der Waals surface area contributed by atoms with Crippen LogP contribution in [0.2, 0.25) is 0 Å². The van der Waals surface area contributed by atoms with Gasteiger partial charge in [0.25, 0.3) is 0 Å². The molecule has 98 valence electrons. The molecular formula is C12H11F3O3. The van der Waals surface area contributed by atoms with Crippen molar-refractivity contribution in [2.24, 2.45) is 0 Å². The van der Waals surface area contributed by atoms with E-state index in [1.807, 2.05) is 0 Å². The average molecular weight is 260 g/mol. The molecule has 0 aliphatic rings. The zero-order valence-electron chi connectivity index (χ0n) is 9.58. The Balaban J connectivity index is 2.58. The molecule has 0 heterocycles. The molecule has 0 aliphatic heterocycles. The molecule has 0 fully saturated rings. The van der Waals surface area contributed by atoms with Crippen LogP contribution in [0.5, 0.6) is 5.75 Å². The fraction of sp³-hybridized carbons (Fsp3) is 0.250. The van der Waals surface area contributed by atoms with Crippen molar-refractivity contribution in [1.29, 1.82) is 0 Å². The van der Waals surface area contributed by atoms with E-state index in [9.17, 15) is 18.0 Å². The summed E-state index contributed by atoms with van der Waals surface area (Å²) in [6.07, 6.45) is -4.99. The number of rotatable bonds is 4. The Morgan fingerprint density at radius 2 is 1.83 bits per heavy atom. The van der Waals surface area contributed by atoms with Crippen molar-refractivity contribution in [2.75, 3.05) is 13.7 Å². The third-order valence-corrected chi connectivity index (χ3v) is 2.11. The summed E-state index contributed by atoms with van der Waals surface area (Å²) in [5.74, 6) is -1.61. The molecule has 18 heavy (non-hydrogen) atoms. The number of hydrogen-bond acceptors (Lipinski definition) is 3. The highest BCUT2D eigenvalue weighted by Gasteiger charge is 2.40. The van der Waals surface area contributed by atoms with E-state index in [-0.39, 0.29) is 5.57 Å². The lowest BCUT2D eigenvalue weighted by Gasteiger charge is -2.09. The molecule has 0 bridgehead atoms. The maximum absolute atomic E-state index is 11.9. The maximum Gasteiger partial charge on any atom is 0.490 e. The molecule has 0 saturated heterocycles. The van der Waals surface area contributed by atoms with Crippen LogP contribution >= 0.6 is 0 Å². The second-order valence-corrected chi connectivity index (χ2v) is 3.41. The van der Waals surface area contributed by atoms with Crippen LogP contribution in [0.4, 0.5) is 13.2 Å². The molecule has 6 heteroatoms. The lowest BCUT2D eigenvalue weighted by atomic mass is 10.1. The van der Waals surface area contributed by atoms with Crippen molar-refractivity contribution in [3.8, 4) is 5.75 Å². The number of carbonyl (C=O) groups is 1. The smallest absolute Gasteiger partial charge is 0.490 e. The Bertz CT molecular complexity index is 435. The monoisotopic (exact) mass is 260 g/mol. The van der Waals surface area contributed by atoms with E-state index in [0.29, 0.717) is 11.3 Å². The lowest BCUT2D eigenvalue weighted by Crippen LogP contribution is -2.25. The number of esters is 1. The summed E-state index contributed by atoms with van der Waals surface area (Å²) >= 11 is 0. The largest absolute Gasteiger partial charge is 0.497 e. The predicted octanol–water partition coefficient (Wildman–Crippen LogP) is 2.81. The summed E-state index contributed by atoms with van der Waals surface area (Å²) in [6.45, 7) is 3.04. The van der Waals surface area contributed by atoms with Gasteiger partial charge >= 0.3 is 12.1 Å². The molecular weight excluding hydrogens is 249 g/mol. The van der Waals surface area contributed by atoms with Crippen LogP contribution in [0.15, 0.2) is 30.8 Å². The van der Waals surface area contributed by atoms with E-state index in [1.165, 1.54) is 7.11 Å². The van der Waals surface area contributed by atoms with E-state index in [0.717, 1.165) is 0 Å². The van der Waals surface area contributed by atoms with Gasteiger partial charge in [0.1, 0.15) is 12.4 Å². The van der Waals surface area contributed by atoms with Crippen LogP contribution in [0.1, 0.15) is 5.56 Å². The highest BCUT2D eigenvalue weighted by molar-refractivity contribution is 5.77. The topological polar surface area (TPSA) is 35.5 Å². The number of carbonyl (C=O) groups excluding carboxylic acids is 1. The zero-order valence-corrected chi connectivity index (χ0v) is 9.58. The van der Waals surface area contributed by atoms with Gasteiger partial charge in [-0.15, -0.1) is 0 Å². The van der Waals surface area contributed by atoms with Crippen molar-refractivity contribution >= 4 is 11.5 Å². The van der Waals surface area contributed by atoms with Gasteiger partial charge in [0.15, 0.2) is 0 Å². The molecule has 0 radical (unpaired) electrons. The van der Waals surface area contributed by atoms with E-state index in [2.05, 4.69) is 11.3 Å². The molecule has 0 amide bonds. The third-order valence-electron chi connectivity index (χ3n) is 2.11. The van der Waals surface area contributed by atoms with Gasteiger partial charge in [-0.1, -0.05) is 18.7 Å². The zero-order chi connectivity index (χ0) is 13.8. The van der Waals surface area contributed by atoms with Gasteiger partial charge < -0.3 is 9.47 Å². The Morgan fingerprint density at radius 1 is 1.28 bits per heavy atom. The van der Waals surface area contributed by atoms with Crippen molar-refractivity contribution < 1.29 is 27.4 Å². The van der Waals surface area contributed by atoms with E-state index < -0.39 is 18.8 Å². The summed E-state index contributed by atoms with van der Waals surface area (Å²) in [5, 5.41) is 0. The second kappa shape index (κ2) is 5.57. The van der Waals surface area contributed by atoms with E-state index >= 15 is 0 Å². The van der Waals surface area contributed by atoms with Gasteiger partial charge in [-0.3, -0.25) is 0 Å². The van der Waals surface area contributed by atoms with E-state index in [4.69, 9.17) is 4.74 Å².